The summed E-state index contributed by atoms with van der Waals surface area (Å²) >= 11 is 6.22. The number of rotatable bonds is 4. The van der Waals surface area contributed by atoms with E-state index in [1.807, 2.05) is 27.7 Å². The first-order valence-electron chi connectivity index (χ1n) is 9.11. The molecule has 1 saturated heterocycles. The predicted molar refractivity (Wildman–Crippen MR) is 105 cm³/mol. The number of aliphatic carboxylic acids is 1. The molecule has 0 aromatic heterocycles. The molecule has 1 fully saturated rings. The summed E-state index contributed by atoms with van der Waals surface area (Å²) in [5, 5.41) is 12.3. The van der Waals surface area contributed by atoms with Gasteiger partial charge in [0.25, 0.3) is 5.91 Å². The van der Waals surface area contributed by atoms with Gasteiger partial charge >= 0.3 is 5.97 Å². The lowest BCUT2D eigenvalue weighted by Gasteiger charge is -2.36. The largest absolute Gasteiger partial charge is 0.481 e. The number of nitrogens with one attached hydrogen (secondary N) is 1. The second-order valence-electron chi connectivity index (χ2n) is 8.40. The van der Waals surface area contributed by atoms with Gasteiger partial charge in [-0.1, -0.05) is 32.4 Å². The molecule has 0 aliphatic carbocycles. The zero-order valence-electron chi connectivity index (χ0n) is 16.2. The SMILES string of the molecule is CC1CCC(C(=O)O)CN1C(=O)c1cc(NC(=O)CC(C)(C)C)ccc1Cl. The van der Waals surface area contributed by atoms with Crippen molar-refractivity contribution < 1.29 is 19.5 Å². The van der Waals surface area contributed by atoms with Crippen molar-refractivity contribution in [3.05, 3.63) is 28.8 Å². The van der Waals surface area contributed by atoms with Crippen LogP contribution in [0.1, 0.15) is 57.3 Å². The molecule has 2 atom stereocenters. The number of piperidine rings is 1. The summed E-state index contributed by atoms with van der Waals surface area (Å²) < 4.78 is 0. The van der Waals surface area contributed by atoms with Crippen LogP contribution in [0.5, 0.6) is 0 Å². The fourth-order valence-electron chi connectivity index (χ4n) is 3.20. The lowest BCUT2D eigenvalue weighted by molar-refractivity contribution is -0.143. The molecule has 2 N–H and O–H groups in total. The Morgan fingerprint density at radius 1 is 1.26 bits per heavy atom. The van der Waals surface area contributed by atoms with Crippen LogP contribution in [0, 0.1) is 11.3 Å². The topological polar surface area (TPSA) is 86.7 Å². The van der Waals surface area contributed by atoms with Gasteiger partial charge in [-0.2, -0.15) is 0 Å². The van der Waals surface area contributed by atoms with E-state index in [1.54, 1.807) is 23.1 Å². The summed E-state index contributed by atoms with van der Waals surface area (Å²) in [5.41, 5.74) is 0.615. The lowest BCUT2D eigenvalue weighted by atomic mass is 9.92. The van der Waals surface area contributed by atoms with Crippen LogP contribution >= 0.6 is 11.6 Å². The number of benzene rings is 1. The number of carboxylic acid groups (broad SMARTS) is 1. The summed E-state index contributed by atoms with van der Waals surface area (Å²) in [6.45, 7) is 7.98. The number of carboxylic acids is 1. The van der Waals surface area contributed by atoms with Crippen molar-refractivity contribution in [3.8, 4) is 0 Å². The Hall–Kier alpha value is -2.08. The molecule has 0 spiro atoms. The molecule has 0 radical (unpaired) electrons. The van der Waals surface area contributed by atoms with Gasteiger partial charge in [0.15, 0.2) is 0 Å². The minimum absolute atomic E-state index is 0.0664. The summed E-state index contributed by atoms with van der Waals surface area (Å²) in [4.78, 5) is 38.0. The molecule has 6 nitrogen and oxygen atoms in total. The van der Waals surface area contributed by atoms with E-state index < -0.39 is 11.9 Å². The van der Waals surface area contributed by atoms with Crippen molar-refractivity contribution in [1.29, 1.82) is 0 Å². The Morgan fingerprint density at radius 3 is 2.52 bits per heavy atom. The molecular weight excluding hydrogens is 368 g/mol. The van der Waals surface area contributed by atoms with Crippen LogP contribution in [0.4, 0.5) is 5.69 Å². The normalized spacial score (nSPS) is 20.3. The Balaban J connectivity index is 2.20. The van der Waals surface area contributed by atoms with Gasteiger partial charge in [-0.3, -0.25) is 14.4 Å². The maximum absolute atomic E-state index is 13.0. The number of amides is 2. The van der Waals surface area contributed by atoms with E-state index in [4.69, 9.17) is 11.6 Å². The van der Waals surface area contributed by atoms with E-state index in [0.29, 0.717) is 24.9 Å². The van der Waals surface area contributed by atoms with Crippen LogP contribution in [0.15, 0.2) is 18.2 Å². The third-order valence-corrected chi connectivity index (χ3v) is 4.99. The van der Waals surface area contributed by atoms with Crippen LogP contribution in [0.2, 0.25) is 5.02 Å². The van der Waals surface area contributed by atoms with E-state index in [2.05, 4.69) is 5.32 Å². The van der Waals surface area contributed by atoms with Crippen molar-refractivity contribution in [2.75, 3.05) is 11.9 Å². The zero-order chi connectivity index (χ0) is 20.4. The monoisotopic (exact) mass is 394 g/mol. The number of hydrogen-bond donors (Lipinski definition) is 2. The van der Waals surface area contributed by atoms with Crippen molar-refractivity contribution in [1.82, 2.24) is 4.90 Å². The van der Waals surface area contributed by atoms with E-state index in [9.17, 15) is 19.5 Å². The maximum atomic E-state index is 13.0. The molecule has 148 valence electrons. The number of likely N-dealkylation sites (tertiary alicyclic amines) is 1. The highest BCUT2D eigenvalue weighted by molar-refractivity contribution is 6.34. The number of carbonyl (C=O) groups is 3. The molecule has 0 saturated carbocycles. The highest BCUT2D eigenvalue weighted by Gasteiger charge is 2.33. The molecule has 2 unspecified atom stereocenters. The minimum atomic E-state index is -0.894. The van der Waals surface area contributed by atoms with Gasteiger partial charge in [0.1, 0.15) is 0 Å². The molecule has 2 amide bonds. The first kappa shape index (κ1) is 21.2. The smallest absolute Gasteiger partial charge is 0.308 e. The average molecular weight is 395 g/mol. The van der Waals surface area contributed by atoms with Crippen molar-refractivity contribution >= 4 is 35.1 Å². The van der Waals surface area contributed by atoms with E-state index >= 15 is 0 Å². The molecule has 27 heavy (non-hydrogen) atoms. The Bertz CT molecular complexity index is 742. The van der Waals surface area contributed by atoms with Crippen LogP contribution in [-0.4, -0.2) is 40.4 Å². The van der Waals surface area contributed by atoms with Gasteiger partial charge < -0.3 is 15.3 Å². The minimum Gasteiger partial charge on any atom is -0.481 e. The average Bonchev–Trinajstić information content (AvgIpc) is 2.54. The van der Waals surface area contributed by atoms with Crippen molar-refractivity contribution in [2.24, 2.45) is 11.3 Å². The molecule has 1 aromatic carbocycles. The van der Waals surface area contributed by atoms with Crippen molar-refractivity contribution in [3.63, 3.8) is 0 Å². The third-order valence-electron chi connectivity index (χ3n) is 4.66. The van der Waals surface area contributed by atoms with Crippen LogP contribution < -0.4 is 5.32 Å². The van der Waals surface area contributed by atoms with Crippen LogP contribution in [0.25, 0.3) is 0 Å². The van der Waals surface area contributed by atoms with E-state index in [1.165, 1.54) is 0 Å². The zero-order valence-corrected chi connectivity index (χ0v) is 17.0. The standard InChI is InChI=1S/C20H27ClN2O4/c1-12-5-6-13(19(26)27)11-23(12)18(25)15-9-14(7-8-16(15)21)22-17(24)10-20(2,3)4/h7-9,12-13H,5-6,10-11H2,1-4H3,(H,22,24)(H,26,27). The van der Waals surface area contributed by atoms with Gasteiger partial charge in [0, 0.05) is 24.7 Å². The fraction of sp³-hybridized carbons (Fsp3) is 0.550. The molecule has 1 aliphatic heterocycles. The van der Waals surface area contributed by atoms with Gasteiger partial charge in [0.2, 0.25) is 5.91 Å². The maximum Gasteiger partial charge on any atom is 0.308 e. The van der Waals surface area contributed by atoms with Crippen LogP contribution in [-0.2, 0) is 9.59 Å². The number of halogens is 1. The quantitative estimate of drug-likeness (QED) is 0.806. The lowest BCUT2D eigenvalue weighted by Crippen LogP contribution is -2.47. The molecular formula is C20H27ClN2O4. The first-order chi connectivity index (χ1) is 12.5. The Kier molecular flexibility index (Phi) is 6.52. The summed E-state index contributed by atoms with van der Waals surface area (Å²) in [7, 11) is 0. The second kappa shape index (κ2) is 8.30. The Labute approximate surface area is 164 Å². The number of hydrogen-bond acceptors (Lipinski definition) is 3. The predicted octanol–water partition coefficient (Wildman–Crippen LogP) is 4.04. The Morgan fingerprint density at radius 2 is 1.93 bits per heavy atom. The number of anilines is 1. The molecule has 1 heterocycles. The fourth-order valence-corrected chi connectivity index (χ4v) is 3.40. The van der Waals surface area contributed by atoms with Gasteiger partial charge in [-0.05, 0) is 43.4 Å². The van der Waals surface area contributed by atoms with Gasteiger partial charge in [-0.15, -0.1) is 0 Å². The van der Waals surface area contributed by atoms with Gasteiger partial charge in [-0.25, -0.2) is 0 Å². The number of carbonyl (C=O) groups excluding carboxylic acids is 2. The molecule has 1 aliphatic rings. The van der Waals surface area contributed by atoms with Crippen LogP contribution in [0.3, 0.4) is 0 Å². The van der Waals surface area contributed by atoms with E-state index in [-0.39, 0.29) is 40.4 Å². The van der Waals surface area contributed by atoms with Crippen molar-refractivity contribution in [2.45, 2.75) is 53.0 Å². The summed E-state index contributed by atoms with van der Waals surface area (Å²) in [6.07, 6.45) is 1.53. The molecule has 1 aromatic rings. The van der Waals surface area contributed by atoms with Gasteiger partial charge in [0.05, 0.1) is 16.5 Å². The molecule has 0 bridgehead atoms. The second-order valence-corrected chi connectivity index (χ2v) is 8.81. The molecule has 7 heteroatoms. The summed E-state index contributed by atoms with van der Waals surface area (Å²) in [5.74, 6) is -1.92. The first-order valence-corrected chi connectivity index (χ1v) is 9.49. The highest BCUT2D eigenvalue weighted by Crippen LogP contribution is 2.28. The third kappa shape index (κ3) is 5.70. The van der Waals surface area contributed by atoms with E-state index in [0.717, 1.165) is 0 Å². The highest BCUT2D eigenvalue weighted by atomic mass is 35.5. The molecule has 2 rings (SSSR count). The number of nitrogens with zero attached hydrogens (tertiary/aromatic N) is 1. The summed E-state index contributed by atoms with van der Waals surface area (Å²) in [6, 6.07) is 4.72.